The lowest BCUT2D eigenvalue weighted by atomic mass is 9.70. The van der Waals surface area contributed by atoms with Crippen LogP contribution < -0.4 is 0 Å². The zero-order valence-corrected chi connectivity index (χ0v) is 10.3. The molecule has 2 heteroatoms. The summed E-state index contributed by atoms with van der Waals surface area (Å²) in [5.74, 6) is 0. The lowest BCUT2D eigenvalue weighted by Crippen LogP contribution is -2.65. The molecule has 0 aliphatic carbocycles. The Morgan fingerprint density at radius 1 is 0.889 bits per heavy atom. The van der Waals surface area contributed by atoms with Gasteiger partial charge in [-0.05, 0) is 18.1 Å². The lowest BCUT2D eigenvalue weighted by molar-refractivity contribution is -0.283. The van der Waals surface area contributed by atoms with Gasteiger partial charge in [-0.25, -0.2) is 0 Å². The standard InChI is InChI=1S/C16H16O2/c1-15(17)12-18-16(15,13-8-4-2-5-9-13)14-10-6-3-7-11-14/h2-11,17H,12H2,1H3/t15-/m0/s1. The molecule has 0 aromatic heterocycles. The van der Waals surface area contributed by atoms with E-state index in [4.69, 9.17) is 4.74 Å². The maximum atomic E-state index is 10.6. The van der Waals surface area contributed by atoms with Crippen molar-refractivity contribution in [1.29, 1.82) is 0 Å². The Morgan fingerprint density at radius 3 is 1.61 bits per heavy atom. The first-order valence-corrected chi connectivity index (χ1v) is 6.14. The third-order valence-corrected chi connectivity index (χ3v) is 3.69. The SMILES string of the molecule is C[C@]1(O)COC1(c1ccccc1)c1ccccc1. The van der Waals surface area contributed by atoms with Crippen molar-refractivity contribution < 1.29 is 9.84 Å². The van der Waals surface area contributed by atoms with E-state index in [1.807, 2.05) is 67.6 Å². The number of benzene rings is 2. The van der Waals surface area contributed by atoms with Crippen LogP contribution in [0.5, 0.6) is 0 Å². The fourth-order valence-electron chi connectivity index (χ4n) is 2.73. The van der Waals surface area contributed by atoms with Crippen molar-refractivity contribution in [2.24, 2.45) is 0 Å². The molecule has 0 saturated carbocycles. The molecular weight excluding hydrogens is 224 g/mol. The summed E-state index contributed by atoms with van der Waals surface area (Å²) in [6.45, 7) is 2.19. The first-order valence-electron chi connectivity index (χ1n) is 6.14. The summed E-state index contributed by atoms with van der Waals surface area (Å²) in [5, 5.41) is 10.6. The van der Waals surface area contributed by atoms with E-state index in [0.29, 0.717) is 6.61 Å². The first kappa shape index (κ1) is 11.5. The van der Waals surface area contributed by atoms with Gasteiger partial charge in [0, 0.05) is 0 Å². The number of hydrogen-bond donors (Lipinski definition) is 1. The molecule has 1 atom stereocenters. The largest absolute Gasteiger partial charge is 0.384 e. The van der Waals surface area contributed by atoms with Gasteiger partial charge in [-0.2, -0.15) is 0 Å². The summed E-state index contributed by atoms with van der Waals surface area (Å²) in [4.78, 5) is 0. The molecule has 1 heterocycles. The van der Waals surface area contributed by atoms with Crippen molar-refractivity contribution in [2.45, 2.75) is 18.1 Å². The van der Waals surface area contributed by atoms with E-state index in [1.165, 1.54) is 0 Å². The Morgan fingerprint density at radius 2 is 1.33 bits per heavy atom. The molecule has 0 radical (unpaired) electrons. The molecule has 0 amide bonds. The minimum absolute atomic E-state index is 0.358. The van der Waals surface area contributed by atoms with E-state index in [1.54, 1.807) is 0 Å². The summed E-state index contributed by atoms with van der Waals surface area (Å²) in [7, 11) is 0. The predicted molar refractivity (Wildman–Crippen MR) is 70.2 cm³/mol. The second-order valence-electron chi connectivity index (χ2n) is 4.98. The van der Waals surface area contributed by atoms with Gasteiger partial charge in [0.25, 0.3) is 0 Å². The van der Waals surface area contributed by atoms with Gasteiger partial charge in [-0.1, -0.05) is 60.7 Å². The van der Waals surface area contributed by atoms with Crippen LogP contribution in [0.3, 0.4) is 0 Å². The van der Waals surface area contributed by atoms with Crippen molar-refractivity contribution in [1.82, 2.24) is 0 Å². The Balaban J connectivity index is 2.18. The fourth-order valence-corrected chi connectivity index (χ4v) is 2.73. The molecule has 18 heavy (non-hydrogen) atoms. The van der Waals surface area contributed by atoms with Gasteiger partial charge in [0.05, 0.1) is 6.61 Å². The molecule has 2 aromatic carbocycles. The maximum Gasteiger partial charge on any atom is 0.149 e. The fraction of sp³-hybridized carbons (Fsp3) is 0.250. The van der Waals surface area contributed by atoms with Crippen LogP contribution in [0, 0.1) is 0 Å². The maximum absolute atomic E-state index is 10.6. The highest BCUT2D eigenvalue weighted by Gasteiger charge is 2.59. The lowest BCUT2D eigenvalue weighted by Gasteiger charge is -2.54. The summed E-state index contributed by atoms with van der Waals surface area (Å²) in [6, 6.07) is 19.8. The van der Waals surface area contributed by atoms with E-state index in [9.17, 15) is 5.11 Å². The highest BCUT2D eigenvalue weighted by Crippen LogP contribution is 2.50. The minimum atomic E-state index is -0.879. The van der Waals surface area contributed by atoms with Crippen LogP contribution in [0.2, 0.25) is 0 Å². The third kappa shape index (κ3) is 1.43. The summed E-state index contributed by atoms with van der Waals surface area (Å²) in [6.07, 6.45) is 0. The van der Waals surface area contributed by atoms with Gasteiger partial charge in [0.1, 0.15) is 11.2 Å². The number of ether oxygens (including phenoxy) is 1. The molecule has 1 N–H and O–H groups in total. The van der Waals surface area contributed by atoms with Gasteiger partial charge in [0.2, 0.25) is 0 Å². The number of hydrogen-bond acceptors (Lipinski definition) is 2. The average Bonchev–Trinajstić information content (AvgIpc) is 2.41. The Kier molecular flexibility index (Phi) is 2.51. The molecule has 0 unspecified atom stereocenters. The molecule has 2 aromatic rings. The molecule has 1 fully saturated rings. The van der Waals surface area contributed by atoms with Crippen LogP contribution in [-0.4, -0.2) is 17.3 Å². The molecule has 1 saturated heterocycles. The van der Waals surface area contributed by atoms with Gasteiger partial charge < -0.3 is 9.84 Å². The van der Waals surface area contributed by atoms with Gasteiger partial charge in [-0.15, -0.1) is 0 Å². The van der Waals surface area contributed by atoms with Crippen LogP contribution in [0.25, 0.3) is 0 Å². The quantitative estimate of drug-likeness (QED) is 0.874. The van der Waals surface area contributed by atoms with E-state index >= 15 is 0 Å². The predicted octanol–water partition coefficient (Wildman–Crippen LogP) is 2.71. The van der Waals surface area contributed by atoms with Crippen molar-refractivity contribution in [3.8, 4) is 0 Å². The van der Waals surface area contributed by atoms with E-state index in [2.05, 4.69) is 0 Å². The Labute approximate surface area is 107 Å². The highest BCUT2D eigenvalue weighted by atomic mass is 16.6. The van der Waals surface area contributed by atoms with Crippen LogP contribution >= 0.6 is 0 Å². The van der Waals surface area contributed by atoms with E-state index in [0.717, 1.165) is 11.1 Å². The zero-order chi connectivity index (χ0) is 12.6. The van der Waals surface area contributed by atoms with Gasteiger partial charge in [0.15, 0.2) is 0 Å². The van der Waals surface area contributed by atoms with Crippen molar-refractivity contribution in [3.05, 3.63) is 71.8 Å². The van der Waals surface area contributed by atoms with Crippen molar-refractivity contribution in [2.75, 3.05) is 6.61 Å². The number of rotatable bonds is 2. The molecule has 2 nitrogen and oxygen atoms in total. The smallest absolute Gasteiger partial charge is 0.149 e. The first-order chi connectivity index (χ1) is 8.67. The third-order valence-electron chi connectivity index (χ3n) is 3.69. The Bertz CT molecular complexity index is 492. The van der Waals surface area contributed by atoms with E-state index < -0.39 is 11.2 Å². The van der Waals surface area contributed by atoms with Crippen molar-refractivity contribution >= 4 is 0 Å². The summed E-state index contributed by atoms with van der Waals surface area (Å²) in [5.41, 5.74) is 0.366. The van der Waals surface area contributed by atoms with Gasteiger partial charge >= 0.3 is 0 Å². The summed E-state index contributed by atoms with van der Waals surface area (Å²) >= 11 is 0. The molecular formula is C16H16O2. The van der Waals surface area contributed by atoms with Crippen LogP contribution in [-0.2, 0) is 10.3 Å². The van der Waals surface area contributed by atoms with Crippen LogP contribution in [0.15, 0.2) is 60.7 Å². The average molecular weight is 240 g/mol. The summed E-state index contributed by atoms with van der Waals surface area (Å²) < 4.78 is 5.86. The monoisotopic (exact) mass is 240 g/mol. The molecule has 1 aliphatic heterocycles. The number of aliphatic hydroxyl groups is 1. The van der Waals surface area contributed by atoms with Gasteiger partial charge in [-0.3, -0.25) is 0 Å². The molecule has 0 spiro atoms. The second-order valence-corrected chi connectivity index (χ2v) is 4.98. The van der Waals surface area contributed by atoms with Crippen LogP contribution in [0.1, 0.15) is 18.1 Å². The zero-order valence-electron chi connectivity index (χ0n) is 10.3. The minimum Gasteiger partial charge on any atom is -0.384 e. The topological polar surface area (TPSA) is 29.5 Å². The highest BCUT2D eigenvalue weighted by molar-refractivity contribution is 5.42. The Hall–Kier alpha value is -1.64. The second kappa shape index (κ2) is 3.94. The van der Waals surface area contributed by atoms with Crippen molar-refractivity contribution in [3.63, 3.8) is 0 Å². The molecule has 3 rings (SSSR count). The molecule has 0 bridgehead atoms. The normalized spacial score (nSPS) is 25.4. The molecule has 1 aliphatic rings. The molecule has 92 valence electrons. The van der Waals surface area contributed by atoms with E-state index in [-0.39, 0.29) is 0 Å². The van der Waals surface area contributed by atoms with Crippen LogP contribution in [0.4, 0.5) is 0 Å².